The molecule has 1 aromatic carbocycles. The molecule has 0 N–H and O–H groups in total. The monoisotopic (exact) mass is 382 g/mol. The number of fused-ring (bicyclic) bond motifs is 3. The number of benzene rings is 1. The number of likely N-dealkylation sites (tertiary alicyclic amines) is 1. The summed E-state index contributed by atoms with van der Waals surface area (Å²) in [4.78, 5) is 40.4. The van der Waals surface area contributed by atoms with Crippen LogP contribution in [0.15, 0.2) is 24.3 Å². The van der Waals surface area contributed by atoms with Gasteiger partial charge in [0.25, 0.3) is 0 Å². The Kier molecular flexibility index (Phi) is 4.10. The molecule has 4 aliphatic heterocycles. The molecule has 3 saturated heterocycles. The summed E-state index contributed by atoms with van der Waals surface area (Å²) in [6.45, 7) is 0.224. The first-order valence-corrected chi connectivity index (χ1v) is 9.85. The van der Waals surface area contributed by atoms with Gasteiger partial charge in [0.2, 0.25) is 24.5 Å². The Hall–Kier alpha value is -2.83. The molecule has 0 spiro atoms. The number of imide groups is 1. The van der Waals surface area contributed by atoms with Gasteiger partial charge in [-0.15, -0.1) is 0 Å². The predicted molar refractivity (Wildman–Crippen MR) is 99.4 cm³/mol. The molecule has 0 aromatic heterocycles. The molecule has 2 bridgehead atoms. The van der Waals surface area contributed by atoms with Crippen LogP contribution in [0, 0.1) is 0 Å². The zero-order valence-corrected chi connectivity index (χ0v) is 15.5. The van der Waals surface area contributed by atoms with E-state index in [9.17, 15) is 14.4 Å². The summed E-state index contributed by atoms with van der Waals surface area (Å²) in [7, 11) is 0. The summed E-state index contributed by atoms with van der Waals surface area (Å²) in [5.74, 6) is 1.28. The third kappa shape index (κ3) is 2.85. The third-order valence-electron chi connectivity index (χ3n) is 6.23. The van der Waals surface area contributed by atoms with Crippen molar-refractivity contribution in [1.82, 2.24) is 9.80 Å². The molecule has 2 atom stereocenters. The van der Waals surface area contributed by atoms with Crippen LogP contribution in [-0.4, -0.2) is 52.4 Å². The summed E-state index contributed by atoms with van der Waals surface area (Å²) < 4.78 is 10.7. The van der Waals surface area contributed by atoms with Crippen LogP contribution >= 0.6 is 0 Å². The highest BCUT2D eigenvalue weighted by molar-refractivity contribution is 6.02. The molecular weight excluding hydrogens is 360 g/mol. The van der Waals surface area contributed by atoms with Crippen molar-refractivity contribution in [2.24, 2.45) is 0 Å². The van der Waals surface area contributed by atoms with Crippen molar-refractivity contribution >= 4 is 23.8 Å². The SMILES string of the molecule is O=C1CCC(=O)N1C1CC2CCC(C1)N2C(=O)/C=C/c1ccc2c(c1)OCO2. The van der Waals surface area contributed by atoms with Crippen LogP contribution in [0.1, 0.15) is 44.1 Å². The van der Waals surface area contributed by atoms with Crippen LogP contribution in [0.3, 0.4) is 0 Å². The van der Waals surface area contributed by atoms with Gasteiger partial charge in [-0.3, -0.25) is 19.3 Å². The molecule has 4 heterocycles. The van der Waals surface area contributed by atoms with E-state index in [0.29, 0.717) is 31.4 Å². The van der Waals surface area contributed by atoms with Gasteiger partial charge in [-0.1, -0.05) is 6.07 Å². The van der Waals surface area contributed by atoms with Gasteiger partial charge in [0.15, 0.2) is 11.5 Å². The van der Waals surface area contributed by atoms with E-state index in [1.165, 1.54) is 4.90 Å². The van der Waals surface area contributed by atoms with Crippen LogP contribution in [0.5, 0.6) is 11.5 Å². The average Bonchev–Trinajstić information content (AvgIpc) is 3.36. The van der Waals surface area contributed by atoms with Gasteiger partial charge >= 0.3 is 0 Å². The van der Waals surface area contributed by atoms with Gasteiger partial charge in [-0.05, 0) is 49.5 Å². The lowest BCUT2D eigenvalue weighted by molar-refractivity contribution is -0.143. The largest absolute Gasteiger partial charge is 0.454 e. The maximum atomic E-state index is 12.9. The number of carbonyl (C=O) groups excluding carboxylic acids is 3. The number of amides is 3. The lowest BCUT2D eigenvalue weighted by Gasteiger charge is -2.41. The van der Waals surface area contributed by atoms with Crippen molar-refractivity contribution < 1.29 is 23.9 Å². The van der Waals surface area contributed by atoms with Gasteiger partial charge in [-0.25, -0.2) is 0 Å². The fourth-order valence-electron chi connectivity index (χ4n) is 4.99. The van der Waals surface area contributed by atoms with Crippen LogP contribution in [0.4, 0.5) is 0 Å². The Bertz CT molecular complexity index is 850. The van der Waals surface area contributed by atoms with Crippen molar-refractivity contribution in [3.63, 3.8) is 0 Å². The first kappa shape index (κ1) is 17.3. The molecule has 4 aliphatic rings. The lowest BCUT2D eigenvalue weighted by atomic mass is 9.95. The standard InChI is InChI=1S/C21H22N2O5/c24-19(6-2-13-1-5-17-18(9-13)28-12-27-17)22-14-3-4-15(22)11-16(10-14)23-20(25)7-8-21(23)26/h1-2,5-6,9,14-16H,3-4,7-8,10-12H2/b6-2+. The number of rotatable bonds is 3. The number of nitrogens with zero attached hydrogens (tertiary/aromatic N) is 2. The Morgan fingerprint density at radius 3 is 2.36 bits per heavy atom. The Morgan fingerprint density at radius 1 is 0.964 bits per heavy atom. The molecule has 2 unspecified atom stereocenters. The lowest BCUT2D eigenvalue weighted by Crippen LogP contribution is -2.53. The van der Waals surface area contributed by atoms with Gasteiger partial charge in [0.1, 0.15) is 0 Å². The van der Waals surface area contributed by atoms with E-state index in [4.69, 9.17) is 9.47 Å². The molecule has 146 valence electrons. The highest BCUT2D eigenvalue weighted by Crippen LogP contribution is 2.39. The molecule has 1 aromatic rings. The molecule has 0 saturated carbocycles. The van der Waals surface area contributed by atoms with E-state index in [1.807, 2.05) is 23.1 Å². The fourth-order valence-corrected chi connectivity index (χ4v) is 4.99. The molecule has 3 fully saturated rings. The van der Waals surface area contributed by atoms with E-state index in [0.717, 1.165) is 24.2 Å². The minimum atomic E-state index is -0.0584. The highest BCUT2D eigenvalue weighted by atomic mass is 16.7. The van der Waals surface area contributed by atoms with Crippen LogP contribution in [0.25, 0.3) is 6.08 Å². The van der Waals surface area contributed by atoms with E-state index < -0.39 is 0 Å². The zero-order valence-electron chi connectivity index (χ0n) is 15.5. The van der Waals surface area contributed by atoms with E-state index in [-0.39, 0.29) is 42.6 Å². The summed E-state index contributed by atoms with van der Waals surface area (Å²) in [5, 5.41) is 0. The molecular formula is C21H22N2O5. The topological polar surface area (TPSA) is 76.2 Å². The summed E-state index contributed by atoms with van der Waals surface area (Å²) >= 11 is 0. The molecule has 0 aliphatic carbocycles. The molecule has 5 rings (SSSR count). The predicted octanol–water partition coefficient (Wildman–Crippen LogP) is 2.10. The number of piperidine rings is 1. The summed E-state index contributed by atoms with van der Waals surface area (Å²) in [5.41, 5.74) is 0.882. The summed E-state index contributed by atoms with van der Waals surface area (Å²) in [6, 6.07) is 5.73. The molecule has 7 heteroatoms. The van der Waals surface area contributed by atoms with Crippen molar-refractivity contribution in [2.45, 2.75) is 56.7 Å². The smallest absolute Gasteiger partial charge is 0.247 e. The molecule has 3 amide bonds. The molecule has 7 nitrogen and oxygen atoms in total. The minimum absolute atomic E-state index is 0.0114. The minimum Gasteiger partial charge on any atom is -0.454 e. The first-order valence-electron chi connectivity index (χ1n) is 9.85. The molecule has 0 radical (unpaired) electrons. The van der Waals surface area contributed by atoms with Gasteiger partial charge in [-0.2, -0.15) is 0 Å². The second kappa shape index (κ2) is 6.65. The first-order chi connectivity index (χ1) is 13.6. The van der Waals surface area contributed by atoms with Crippen LogP contribution in [0.2, 0.25) is 0 Å². The van der Waals surface area contributed by atoms with E-state index in [2.05, 4.69) is 0 Å². The zero-order chi connectivity index (χ0) is 19.3. The van der Waals surface area contributed by atoms with Crippen molar-refractivity contribution in [1.29, 1.82) is 0 Å². The Balaban J connectivity index is 1.28. The van der Waals surface area contributed by atoms with Crippen molar-refractivity contribution in [3.05, 3.63) is 29.8 Å². The van der Waals surface area contributed by atoms with E-state index >= 15 is 0 Å². The van der Waals surface area contributed by atoms with Gasteiger partial charge < -0.3 is 14.4 Å². The second-order valence-corrected chi connectivity index (χ2v) is 7.86. The quantitative estimate of drug-likeness (QED) is 0.591. The molecule has 28 heavy (non-hydrogen) atoms. The van der Waals surface area contributed by atoms with Crippen LogP contribution < -0.4 is 9.47 Å². The maximum absolute atomic E-state index is 12.9. The second-order valence-electron chi connectivity index (χ2n) is 7.86. The van der Waals surface area contributed by atoms with Gasteiger partial charge in [0.05, 0.1) is 0 Å². The fraction of sp³-hybridized carbons (Fsp3) is 0.476. The number of carbonyl (C=O) groups is 3. The van der Waals surface area contributed by atoms with Gasteiger partial charge in [0, 0.05) is 37.0 Å². The number of hydrogen-bond acceptors (Lipinski definition) is 5. The Morgan fingerprint density at radius 2 is 1.64 bits per heavy atom. The highest BCUT2D eigenvalue weighted by Gasteiger charge is 2.47. The third-order valence-corrected chi connectivity index (χ3v) is 6.23. The van der Waals surface area contributed by atoms with Crippen molar-refractivity contribution in [3.8, 4) is 11.5 Å². The normalized spacial score (nSPS) is 28.6. The van der Waals surface area contributed by atoms with Crippen LogP contribution in [-0.2, 0) is 14.4 Å². The average molecular weight is 382 g/mol. The maximum Gasteiger partial charge on any atom is 0.247 e. The number of ether oxygens (including phenoxy) is 2. The van der Waals surface area contributed by atoms with Crippen molar-refractivity contribution in [2.75, 3.05) is 6.79 Å². The number of hydrogen-bond donors (Lipinski definition) is 0. The van der Waals surface area contributed by atoms with E-state index in [1.54, 1.807) is 12.2 Å². The summed E-state index contributed by atoms with van der Waals surface area (Å²) in [6.07, 6.45) is 7.30. The Labute approximate surface area is 162 Å².